The number of aromatic nitrogens is 1. The summed E-state index contributed by atoms with van der Waals surface area (Å²) in [4.78, 5) is 18.9. The van der Waals surface area contributed by atoms with Crippen molar-refractivity contribution < 1.29 is 4.79 Å². The molecule has 0 radical (unpaired) electrons. The van der Waals surface area contributed by atoms with Crippen LogP contribution in [0.4, 0.5) is 0 Å². The van der Waals surface area contributed by atoms with Gasteiger partial charge < -0.3 is 4.90 Å². The van der Waals surface area contributed by atoms with Crippen LogP contribution in [0.5, 0.6) is 0 Å². The first-order valence-electron chi connectivity index (χ1n) is 8.78. The number of hydrogen-bond donors (Lipinski definition) is 0. The molecule has 0 atom stereocenters. The number of benzene rings is 2. The Morgan fingerprint density at radius 3 is 2.52 bits per heavy atom. The second-order valence-electron chi connectivity index (χ2n) is 6.37. The van der Waals surface area contributed by atoms with Gasteiger partial charge in [-0.2, -0.15) is 0 Å². The maximum Gasteiger partial charge on any atom is 0.247 e. The van der Waals surface area contributed by atoms with Crippen molar-refractivity contribution in [2.45, 2.75) is 20.0 Å². The van der Waals surface area contributed by atoms with E-state index in [9.17, 15) is 4.79 Å². The van der Waals surface area contributed by atoms with Crippen LogP contribution in [0, 0.1) is 6.92 Å². The van der Waals surface area contributed by atoms with E-state index in [0.717, 1.165) is 16.7 Å². The topological polar surface area (TPSA) is 33.2 Å². The lowest BCUT2D eigenvalue weighted by Crippen LogP contribution is -2.28. The summed E-state index contributed by atoms with van der Waals surface area (Å²) in [6.45, 7) is 3.11. The molecule has 1 heterocycles. The van der Waals surface area contributed by atoms with Crippen LogP contribution in [0.2, 0.25) is 5.02 Å². The predicted octanol–water partition coefficient (Wildman–Crippen LogP) is 5.29. The van der Waals surface area contributed by atoms with Crippen molar-refractivity contribution in [3.8, 4) is 0 Å². The number of pyridine rings is 1. The van der Waals surface area contributed by atoms with Gasteiger partial charge in [0.15, 0.2) is 0 Å². The fourth-order valence-corrected chi connectivity index (χ4v) is 2.89. The molecule has 3 rings (SSSR count). The van der Waals surface area contributed by atoms with Gasteiger partial charge in [0.2, 0.25) is 5.91 Å². The number of aryl methyl sites for hydroxylation is 1. The Morgan fingerprint density at radius 2 is 1.81 bits per heavy atom. The number of nitrogens with zero attached hydrogens (tertiary/aromatic N) is 2. The van der Waals surface area contributed by atoms with Gasteiger partial charge in [-0.25, -0.2) is 0 Å². The van der Waals surface area contributed by atoms with E-state index in [0.29, 0.717) is 18.1 Å². The lowest BCUT2D eigenvalue weighted by molar-refractivity contribution is -0.127. The molecule has 0 N–H and O–H groups in total. The quantitative estimate of drug-likeness (QED) is 0.548. The molecule has 0 spiro atoms. The average Bonchev–Trinajstić information content (AvgIpc) is 2.69. The van der Waals surface area contributed by atoms with Crippen LogP contribution >= 0.6 is 11.6 Å². The molecule has 136 valence electrons. The van der Waals surface area contributed by atoms with E-state index in [4.69, 9.17) is 11.6 Å². The maximum absolute atomic E-state index is 12.9. The zero-order valence-electron chi connectivity index (χ0n) is 15.2. The number of rotatable bonds is 6. The van der Waals surface area contributed by atoms with E-state index in [1.807, 2.05) is 59.5 Å². The van der Waals surface area contributed by atoms with Gasteiger partial charge in [0.1, 0.15) is 0 Å². The Balaban J connectivity index is 1.80. The van der Waals surface area contributed by atoms with Crippen molar-refractivity contribution in [1.29, 1.82) is 0 Å². The van der Waals surface area contributed by atoms with Gasteiger partial charge in [-0.1, -0.05) is 54.1 Å². The summed E-state index contributed by atoms with van der Waals surface area (Å²) in [5.74, 6) is -0.0444. The third-order valence-corrected chi connectivity index (χ3v) is 4.57. The zero-order chi connectivity index (χ0) is 19.1. The summed E-state index contributed by atoms with van der Waals surface area (Å²) in [5, 5.41) is 0.677. The minimum atomic E-state index is -0.0444. The minimum absolute atomic E-state index is 0.0444. The first-order valence-corrected chi connectivity index (χ1v) is 9.15. The third kappa shape index (κ3) is 5.53. The maximum atomic E-state index is 12.9. The SMILES string of the molecule is Cc1ccccc1CN(Cc1cccnc1)C(=O)/C=C/c1ccc(Cl)cc1. The van der Waals surface area contributed by atoms with Crippen molar-refractivity contribution in [3.05, 3.63) is 106 Å². The average molecular weight is 377 g/mol. The molecule has 3 aromatic rings. The van der Waals surface area contributed by atoms with Crippen LogP contribution in [0.1, 0.15) is 22.3 Å². The molecular weight excluding hydrogens is 356 g/mol. The van der Waals surface area contributed by atoms with Gasteiger partial charge in [0.25, 0.3) is 0 Å². The number of hydrogen-bond acceptors (Lipinski definition) is 2. The standard InChI is InChI=1S/C23H21ClN2O/c1-18-5-2-3-7-21(18)17-26(16-20-6-4-14-25-15-20)23(27)13-10-19-8-11-22(24)12-9-19/h2-15H,16-17H2,1H3/b13-10+. The third-order valence-electron chi connectivity index (χ3n) is 4.32. The highest BCUT2D eigenvalue weighted by Gasteiger charge is 2.13. The Morgan fingerprint density at radius 1 is 1.04 bits per heavy atom. The van der Waals surface area contributed by atoms with E-state index in [2.05, 4.69) is 24.0 Å². The van der Waals surface area contributed by atoms with Gasteiger partial charge in [-0.15, -0.1) is 0 Å². The molecule has 0 aliphatic rings. The molecule has 0 fully saturated rings. The van der Waals surface area contributed by atoms with Crippen molar-refractivity contribution in [2.24, 2.45) is 0 Å². The van der Waals surface area contributed by atoms with Crippen LogP contribution in [0.15, 0.2) is 79.1 Å². The molecule has 0 aliphatic carbocycles. The largest absolute Gasteiger partial charge is 0.330 e. The smallest absolute Gasteiger partial charge is 0.247 e. The van der Waals surface area contributed by atoms with Crippen LogP contribution < -0.4 is 0 Å². The first-order chi connectivity index (χ1) is 13.1. The van der Waals surface area contributed by atoms with Crippen LogP contribution in [0.3, 0.4) is 0 Å². The van der Waals surface area contributed by atoms with E-state index in [1.54, 1.807) is 18.5 Å². The van der Waals surface area contributed by atoms with E-state index in [-0.39, 0.29) is 5.91 Å². The normalized spacial score (nSPS) is 10.9. The van der Waals surface area contributed by atoms with Gasteiger partial charge >= 0.3 is 0 Å². The highest BCUT2D eigenvalue weighted by Crippen LogP contribution is 2.15. The summed E-state index contributed by atoms with van der Waals surface area (Å²) in [6, 6.07) is 19.4. The monoisotopic (exact) mass is 376 g/mol. The first kappa shape index (κ1) is 18.9. The van der Waals surface area contributed by atoms with Gasteiger partial charge in [-0.05, 0) is 53.5 Å². The molecule has 0 bridgehead atoms. The molecule has 0 aliphatic heterocycles. The Bertz CT molecular complexity index is 921. The lowest BCUT2D eigenvalue weighted by atomic mass is 10.1. The highest BCUT2D eigenvalue weighted by atomic mass is 35.5. The summed E-state index contributed by atoms with van der Waals surface area (Å²) >= 11 is 5.92. The number of amides is 1. The van der Waals surface area contributed by atoms with Gasteiger partial charge in [0.05, 0.1) is 0 Å². The highest BCUT2D eigenvalue weighted by molar-refractivity contribution is 6.30. The van der Waals surface area contributed by atoms with E-state index in [1.165, 1.54) is 5.56 Å². The molecular formula is C23H21ClN2O. The molecule has 3 nitrogen and oxygen atoms in total. The summed E-state index contributed by atoms with van der Waals surface area (Å²) < 4.78 is 0. The molecule has 0 saturated carbocycles. The minimum Gasteiger partial charge on any atom is -0.330 e. The molecule has 0 unspecified atom stereocenters. The van der Waals surface area contributed by atoms with Gasteiger partial charge in [0, 0.05) is 36.6 Å². The summed E-state index contributed by atoms with van der Waals surface area (Å²) in [5.41, 5.74) is 4.24. The second-order valence-corrected chi connectivity index (χ2v) is 6.80. The Hall–Kier alpha value is -2.91. The fraction of sp³-hybridized carbons (Fsp3) is 0.130. The van der Waals surface area contributed by atoms with Crippen molar-refractivity contribution in [3.63, 3.8) is 0 Å². The molecule has 1 amide bonds. The molecule has 2 aromatic carbocycles. The van der Waals surface area contributed by atoms with Crippen LogP contribution in [-0.2, 0) is 17.9 Å². The lowest BCUT2D eigenvalue weighted by Gasteiger charge is -2.22. The molecule has 4 heteroatoms. The number of halogens is 1. The van der Waals surface area contributed by atoms with Crippen LogP contribution in [-0.4, -0.2) is 15.8 Å². The molecule has 27 heavy (non-hydrogen) atoms. The summed E-state index contributed by atoms with van der Waals surface area (Å²) in [7, 11) is 0. The number of carbonyl (C=O) groups is 1. The van der Waals surface area contributed by atoms with Crippen LogP contribution in [0.25, 0.3) is 6.08 Å². The van der Waals surface area contributed by atoms with Crippen molar-refractivity contribution in [1.82, 2.24) is 9.88 Å². The number of carbonyl (C=O) groups excluding carboxylic acids is 1. The van der Waals surface area contributed by atoms with E-state index >= 15 is 0 Å². The fourth-order valence-electron chi connectivity index (χ4n) is 2.76. The Labute approximate surface area is 164 Å². The molecule has 0 saturated heterocycles. The second kappa shape index (κ2) is 9.15. The van der Waals surface area contributed by atoms with Gasteiger partial charge in [-0.3, -0.25) is 9.78 Å². The Kier molecular flexibility index (Phi) is 6.39. The molecule has 1 aromatic heterocycles. The summed E-state index contributed by atoms with van der Waals surface area (Å²) in [6.07, 6.45) is 6.95. The van der Waals surface area contributed by atoms with Crippen molar-refractivity contribution in [2.75, 3.05) is 0 Å². The van der Waals surface area contributed by atoms with E-state index < -0.39 is 0 Å². The zero-order valence-corrected chi connectivity index (χ0v) is 15.9. The predicted molar refractivity (Wildman–Crippen MR) is 110 cm³/mol. The van der Waals surface area contributed by atoms with Crippen molar-refractivity contribution >= 4 is 23.6 Å².